The number of nitro groups is 1. The van der Waals surface area contributed by atoms with Crippen molar-refractivity contribution in [1.29, 1.82) is 0 Å². The van der Waals surface area contributed by atoms with Crippen molar-refractivity contribution in [2.24, 2.45) is 0 Å². The number of benzene rings is 5. The van der Waals surface area contributed by atoms with E-state index < -0.39 is 22.0 Å². The van der Waals surface area contributed by atoms with Crippen LogP contribution in [-0.4, -0.2) is 29.3 Å². The number of carbonyl (C=O) groups is 3. The minimum atomic E-state index is -0.650. The number of hydrogen-bond acceptors (Lipinski definition) is 7. The molecule has 0 bridgehead atoms. The van der Waals surface area contributed by atoms with Gasteiger partial charge >= 0.3 is 0 Å². The fourth-order valence-electron chi connectivity index (χ4n) is 4.89. The third kappa shape index (κ3) is 9.45. The van der Waals surface area contributed by atoms with E-state index >= 15 is 0 Å². The number of thioether (sulfide) groups is 1. The quantitative estimate of drug-likeness (QED) is 0.0491. The van der Waals surface area contributed by atoms with Gasteiger partial charge in [0.1, 0.15) is 16.7 Å². The molecule has 50 heavy (non-hydrogen) atoms. The molecule has 5 aromatic carbocycles. The summed E-state index contributed by atoms with van der Waals surface area (Å²) < 4.78 is 5.51. The number of aryl methyl sites for hydroxylation is 1. The van der Waals surface area contributed by atoms with E-state index in [0.717, 1.165) is 10.5 Å². The predicted molar refractivity (Wildman–Crippen MR) is 196 cm³/mol. The molecule has 0 saturated carbocycles. The van der Waals surface area contributed by atoms with E-state index in [1.165, 1.54) is 30.0 Å². The van der Waals surface area contributed by atoms with Crippen LogP contribution in [0.15, 0.2) is 138 Å². The molecule has 11 heteroatoms. The second-order valence-corrected chi connectivity index (χ2v) is 12.2. The minimum absolute atomic E-state index is 0.0452. The summed E-state index contributed by atoms with van der Waals surface area (Å²) in [5, 5.41) is 19.0. The Kier molecular flexibility index (Phi) is 11.8. The molecule has 0 saturated heterocycles. The van der Waals surface area contributed by atoms with Gasteiger partial charge in [-0.1, -0.05) is 60.7 Å². The second kappa shape index (κ2) is 16.8. The molecular weight excluding hydrogens is 653 g/mol. The third-order valence-electron chi connectivity index (χ3n) is 7.42. The average Bonchev–Trinajstić information content (AvgIpc) is 3.13. The molecule has 0 aliphatic rings. The Morgan fingerprint density at radius 1 is 0.840 bits per heavy atom. The maximum atomic E-state index is 13.6. The number of nitrogens with zero attached hydrogens (tertiary/aromatic N) is 1. The molecular formula is C39H34N4O6S. The Hall–Kier alpha value is -6.20. The molecule has 252 valence electrons. The van der Waals surface area contributed by atoms with Crippen molar-refractivity contribution in [3.8, 4) is 5.75 Å². The summed E-state index contributed by atoms with van der Waals surface area (Å²) in [7, 11) is 0. The van der Waals surface area contributed by atoms with Crippen molar-refractivity contribution in [3.05, 3.63) is 165 Å². The van der Waals surface area contributed by atoms with Gasteiger partial charge in [-0.3, -0.25) is 24.5 Å². The van der Waals surface area contributed by atoms with Gasteiger partial charge in [-0.05, 0) is 91.2 Å². The fraction of sp³-hybridized carbons (Fsp3) is 0.103. The van der Waals surface area contributed by atoms with E-state index in [-0.39, 0.29) is 17.3 Å². The van der Waals surface area contributed by atoms with Gasteiger partial charge in [-0.15, -0.1) is 11.8 Å². The van der Waals surface area contributed by atoms with Crippen molar-refractivity contribution < 1.29 is 24.0 Å². The van der Waals surface area contributed by atoms with E-state index in [0.29, 0.717) is 40.4 Å². The van der Waals surface area contributed by atoms with Crippen molar-refractivity contribution >= 4 is 52.6 Å². The van der Waals surface area contributed by atoms with Gasteiger partial charge in [0.25, 0.3) is 17.5 Å². The second-order valence-electron chi connectivity index (χ2n) is 11.0. The van der Waals surface area contributed by atoms with Gasteiger partial charge in [0.15, 0.2) is 0 Å². The van der Waals surface area contributed by atoms with Crippen molar-refractivity contribution in [3.63, 3.8) is 0 Å². The first-order chi connectivity index (χ1) is 24.2. The Bertz CT molecular complexity index is 2000. The van der Waals surface area contributed by atoms with Crippen molar-refractivity contribution in [2.45, 2.75) is 24.0 Å². The van der Waals surface area contributed by atoms with Gasteiger partial charge in [0.05, 0.1) is 11.5 Å². The number of carbonyl (C=O) groups excluding carboxylic acids is 3. The molecule has 5 aromatic rings. The van der Waals surface area contributed by atoms with E-state index in [4.69, 9.17) is 4.74 Å². The number of amides is 3. The number of nitrogens with one attached hydrogen (secondary N) is 3. The smallest absolute Gasteiger partial charge is 0.272 e. The Morgan fingerprint density at radius 2 is 1.50 bits per heavy atom. The fourth-order valence-corrected chi connectivity index (χ4v) is 5.91. The summed E-state index contributed by atoms with van der Waals surface area (Å²) in [6.07, 6.45) is 1.59. The standard InChI is InChI=1S/C39H34N4O6S/c1-3-49-32-19-14-27(15-20-32)25-35(42-37(44)29-12-8-5-9-13-29)38(45)40-30-16-21-33(22-17-30)50-36(28-10-6-4-7-11-28)39(46)41-34-23-18-31(43(47)48)24-26(34)2/h4-25,36H,3H2,1-2H3,(H,40,45)(H,41,46)(H,42,44)/b35-25-. The Morgan fingerprint density at radius 3 is 2.12 bits per heavy atom. The highest BCUT2D eigenvalue weighted by atomic mass is 32.2. The van der Waals surface area contributed by atoms with E-state index in [1.807, 2.05) is 37.3 Å². The summed E-state index contributed by atoms with van der Waals surface area (Å²) in [4.78, 5) is 51.6. The molecule has 5 rings (SSSR count). The normalized spacial score (nSPS) is 11.6. The third-order valence-corrected chi connectivity index (χ3v) is 8.68. The summed E-state index contributed by atoms with van der Waals surface area (Å²) >= 11 is 1.32. The molecule has 0 heterocycles. The zero-order valence-corrected chi connectivity index (χ0v) is 28.1. The van der Waals surface area contributed by atoms with Gasteiger partial charge < -0.3 is 20.7 Å². The van der Waals surface area contributed by atoms with Crippen LogP contribution in [-0.2, 0) is 9.59 Å². The topological polar surface area (TPSA) is 140 Å². The molecule has 0 fully saturated rings. The molecule has 3 amide bonds. The zero-order valence-electron chi connectivity index (χ0n) is 27.3. The Labute approximate surface area is 293 Å². The van der Waals surface area contributed by atoms with Crippen LogP contribution in [0.5, 0.6) is 5.75 Å². The molecule has 10 nitrogen and oxygen atoms in total. The first kappa shape index (κ1) is 35.1. The maximum absolute atomic E-state index is 13.6. The van der Waals surface area contributed by atoms with Crippen LogP contribution in [0.25, 0.3) is 6.08 Å². The minimum Gasteiger partial charge on any atom is -0.494 e. The number of non-ortho nitro benzene ring substituents is 1. The summed E-state index contributed by atoms with van der Waals surface area (Å²) in [6.45, 7) is 4.12. The van der Waals surface area contributed by atoms with Gasteiger partial charge in [-0.2, -0.15) is 0 Å². The lowest BCUT2D eigenvalue weighted by atomic mass is 10.1. The first-order valence-electron chi connectivity index (χ1n) is 15.7. The zero-order chi connectivity index (χ0) is 35.5. The molecule has 0 aromatic heterocycles. The monoisotopic (exact) mass is 686 g/mol. The molecule has 3 N–H and O–H groups in total. The van der Waals surface area contributed by atoms with Crippen LogP contribution < -0.4 is 20.7 Å². The molecule has 0 aliphatic carbocycles. The van der Waals surface area contributed by atoms with Crippen LogP contribution in [0.4, 0.5) is 17.1 Å². The lowest BCUT2D eigenvalue weighted by molar-refractivity contribution is -0.384. The number of nitro benzene ring substituents is 1. The van der Waals surface area contributed by atoms with Crippen LogP contribution >= 0.6 is 11.8 Å². The molecule has 0 radical (unpaired) electrons. The average molecular weight is 687 g/mol. The van der Waals surface area contributed by atoms with Crippen LogP contribution in [0.2, 0.25) is 0 Å². The number of anilines is 2. The summed E-state index contributed by atoms with van der Waals surface area (Å²) in [5.41, 5.74) is 3.38. The number of rotatable bonds is 13. The summed E-state index contributed by atoms with van der Waals surface area (Å²) in [6, 6.07) is 36.4. The van der Waals surface area contributed by atoms with E-state index in [9.17, 15) is 24.5 Å². The van der Waals surface area contributed by atoms with Crippen molar-refractivity contribution in [2.75, 3.05) is 17.2 Å². The molecule has 1 atom stereocenters. The Balaban J connectivity index is 1.33. The van der Waals surface area contributed by atoms with E-state index in [2.05, 4.69) is 16.0 Å². The SMILES string of the molecule is CCOc1ccc(/C=C(\NC(=O)c2ccccc2)C(=O)Nc2ccc(SC(C(=O)Nc3ccc([N+](=O)[O-])cc3C)c3ccccc3)cc2)cc1. The lowest BCUT2D eigenvalue weighted by Gasteiger charge is -2.18. The van der Waals surface area contributed by atoms with Gasteiger partial charge in [0.2, 0.25) is 5.91 Å². The van der Waals surface area contributed by atoms with Gasteiger partial charge in [-0.25, -0.2) is 0 Å². The highest BCUT2D eigenvalue weighted by molar-refractivity contribution is 8.00. The molecule has 0 spiro atoms. The lowest BCUT2D eigenvalue weighted by Crippen LogP contribution is -2.30. The predicted octanol–water partition coefficient (Wildman–Crippen LogP) is 8.18. The first-order valence-corrected chi connectivity index (χ1v) is 16.6. The summed E-state index contributed by atoms with van der Waals surface area (Å²) in [5.74, 6) is -0.563. The highest BCUT2D eigenvalue weighted by Gasteiger charge is 2.23. The van der Waals surface area contributed by atoms with Crippen LogP contribution in [0, 0.1) is 17.0 Å². The van der Waals surface area contributed by atoms with E-state index in [1.54, 1.807) is 91.9 Å². The molecule has 0 aliphatic heterocycles. The molecule has 1 unspecified atom stereocenters. The maximum Gasteiger partial charge on any atom is 0.272 e. The van der Waals surface area contributed by atoms with Crippen LogP contribution in [0.3, 0.4) is 0 Å². The number of hydrogen-bond donors (Lipinski definition) is 3. The largest absolute Gasteiger partial charge is 0.494 e. The van der Waals surface area contributed by atoms with Gasteiger partial charge in [0, 0.05) is 34.0 Å². The van der Waals surface area contributed by atoms with Crippen molar-refractivity contribution in [1.82, 2.24) is 5.32 Å². The van der Waals surface area contributed by atoms with Crippen LogP contribution in [0.1, 0.15) is 39.2 Å². The number of ether oxygens (including phenoxy) is 1. The highest BCUT2D eigenvalue weighted by Crippen LogP contribution is 2.37.